The smallest absolute Gasteiger partial charge is 0.123 e. The summed E-state index contributed by atoms with van der Waals surface area (Å²) >= 11 is 0. The van der Waals surface area contributed by atoms with Crippen molar-refractivity contribution < 1.29 is 9.84 Å². The molecule has 2 nitrogen and oxygen atoms in total. The minimum absolute atomic E-state index is 0.249. The van der Waals surface area contributed by atoms with E-state index < -0.39 is 0 Å². The molecule has 86 valence electrons. The Morgan fingerprint density at radius 1 is 1.00 bits per heavy atom. The molecular weight excluding hydrogens is 212 g/mol. The maximum Gasteiger partial charge on any atom is 0.123 e. The zero-order chi connectivity index (χ0) is 12.1. The Kier molecular flexibility index (Phi) is 3.46. The highest BCUT2D eigenvalue weighted by atomic mass is 16.5. The lowest BCUT2D eigenvalue weighted by Crippen LogP contribution is -1.85. The average Bonchev–Trinajstić information content (AvgIpc) is 2.40. The first-order valence-electron chi connectivity index (χ1n) is 5.40. The zero-order valence-electron chi connectivity index (χ0n) is 9.63. The van der Waals surface area contributed by atoms with Crippen LogP contribution >= 0.6 is 0 Å². The van der Waals surface area contributed by atoms with Crippen molar-refractivity contribution in [1.29, 1.82) is 0 Å². The van der Waals surface area contributed by atoms with Gasteiger partial charge < -0.3 is 9.84 Å². The maximum absolute atomic E-state index is 9.96. The van der Waals surface area contributed by atoms with Gasteiger partial charge in [-0.15, -0.1) is 0 Å². The standard InChI is InChI=1S/C15H14O2/c1-17-14-9-7-13(8-10-14)15(16)11-12-5-3-2-4-6-12/h2-11,16H,1H3. The predicted octanol–water partition coefficient (Wildman–Crippen LogP) is 3.75. The number of aliphatic hydroxyl groups excluding tert-OH is 1. The van der Waals surface area contributed by atoms with Gasteiger partial charge in [0.25, 0.3) is 0 Å². The molecule has 0 saturated heterocycles. The van der Waals surface area contributed by atoms with Crippen molar-refractivity contribution in [3.05, 3.63) is 65.7 Å². The van der Waals surface area contributed by atoms with Gasteiger partial charge >= 0.3 is 0 Å². The van der Waals surface area contributed by atoms with Crippen LogP contribution in [0, 0.1) is 0 Å². The highest BCUT2D eigenvalue weighted by Crippen LogP contribution is 2.18. The van der Waals surface area contributed by atoms with Gasteiger partial charge in [0.15, 0.2) is 0 Å². The van der Waals surface area contributed by atoms with E-state index in [-0.39, 0.29) is 5.76 Å². The normalized spacial score (nSPS) is 11.2. The Labute approximate surface area is 101 Å². The summed E-state index contributed by atoms with van der Waals surface area (Å²) in [7, 11) is 1.62. The Balaban J connectivity index is 2.24. The molecule has 2 aromatic rings. The van der Waals surface area contributed by atoms with E-state index in [1.54, 1.807) is 13.2 Å². The number of rotatable bonds is 3. The minimum atomic E-state index is 0.249. The van der Waals surface area contributed by atoms with Gasteiger partial charge in [-0.05, 0) is 35.9 Å². The number of hydrogen-bond acceptors (Lipinski definition) is 2. The summed E-state index contributed by atoms with van der Waals surface area (Å²) in [5.41, 5.74) is 1.75. The fraction of sp³-hybridized carbons (Fsp3) is 0.0667. The molecule has 17 heavy (non-hydrogen) atoms. The lowest BCUT2D eigenvalue weighted by Gasteiger charge is -2.03. The van der Waals surface area contributed by atoms with Gasteiger partial charge in [-0.2, -0.15) is 0 Å². The van der Waals surface area contributed by atoms with E-state index in [2.05, 4.69) is 0 Å². The number of methoxy groups -OCH3 is 1. The molecule has 1 N–H and O–H groups in total. The predicted molar refractivity (Wildman–Crippen MR) is 69.9 cm³/mol. The molecule has 0 aliphatic heterocycles. The molecule has 0 saturated carbocycles. The Bertz CT molecular complexity index is 498. The summed E-state index contributed by atoms with van der Waals surface area (Å²) in [6.45, 7) is 0. The van der Waals surface area contributed by atoms with Crippen LogP contribution in [0.5, 0.6) is 5.75 Å². The fourth-order valence-corrected chi connectivity index (χ4v) is 1.55. The van der Waals surface area contributed by atoms with E-state index >= 15 is 0 Å². The molecular formula is C15H14O2. The molecule has 0 aromatic heterocycles. The highest BCUT2D eigenvalue weighted by Gasteiger charge is 1.99. The third-order valence-electron chi connectivity index (χ3n) is 2.49. The molecule has 0 amide bonds. The molecule has 0 aliphatic carbocycles. The summed E-state index contributed by atoms with van der Waals surface area (Å²) in [6, 6.07) is 17.0. The van der Waals surface area contributed by atoms with E-state index in [4.69, 9.17) is 4.74 Å². The highest BCUT2D eigenvalue weighted by molar-refractivity contribution is 5.76. The third-order valence-corrected chi connectivity index (χ3v) is 2.49. The Morgan fingerprint density at radius 3 is 2.24 bits per heavy atom. The van der Waals surface area contributed by atoms with Crippen molar-refractivity contribution in [3.8, 4) is 5.75 Å². The number of hydrogen-bond donors (Lipinski definition) is 1. The van der Waals surface area contributed by atoms with Crippen molar-refractivity contribution in [1.82, 2.24) is 0 Å². The molecule has 2 aromatic carbocycles. The minimum Gasteiger partial charge on any atom is -0.507 e. The van der Waals surface area contributed by atoms with Gasteiger partial charge in [0.1, 0.15) is 11.5 Å². The van der Waals surface area contributed by atoms with E-state index in [0.717, 1.165) is 16.9 Å². The van der Waals surface area contributed by atoms with Gasteiger partial charge in [0.2, 0.25) is 0 Å². The van der Waals surface area contributed by atoms with Crippen LogP contribution in [0.4, 0.5) is 0 Å². The van der Waals surface area contributed by atoms with Crippen LogP contribution < -0.4 is 4.74 Å². The van der Waals surface area contributed by atoms with Crippen LogP contribution in [0.15, 0.2) is 54.6 Å². The molecule has 0 heterocycles. The summed E-state index contributed by atoms with van der Waals surface area (Å²) < 4.78 is 5.07. The summed E-state index contributed by atoms with van der Waals surface area (Å²) in [5.74, 6) is 1.03. The molecule has 0 aliphatic rings. The molecule has 0 spiro atoms. The topological polar surface area (TPSA) is 29.5 Å². The van der Waals surface area contributed by atoms with Gasteiger partial charge in [-0.1, -0.05) is 30.3 Å². The van der Waals surface area contributed by atoms with Gasteiger partial charge in [0, 0.05) is 5.56 Å². The molecule has 0 atom stereocenters. The van der Waals surface area contributed by atoms with Crippen molar-refractivity contribution in [3.63, 3.8) is 0 Å². The Hall–Kier alpha value is -2.22. The zero-order valence-corrected chi connectivity index (χ0v) is 9.63. The third kappa shape index (κ3) is 2.88. The lowest BCUT2D eigenvalue weighted by atomic mass is 10.1. The van der Waals surface area contributed by atoms with Crippen LogP contribution in [0.2, 0.25) is 0 Å². The molecule has 0 unspecified atom stereocenters. The number of benzene rings is 2. The summed E-state index contributed by atoms with van der Waals surface area (Å²) in [6.07, 6.45) is 1.74. The first-order chi connectivity index (χ1) is 8.29. The average molecular weight is 226 g/mol. The van der Waals surface area contributed by atoms with E-state index in [1.807, 2.05) is 54.6 Å². The molecule has 0 bridgehead atoms. The van der Waals surface area contributed by atoms with Gasteiger partial charge in [-0.3, -0.25) is 0 Å². The maximum atomic E-state index is 9.96. The van der Waals surface area contributed by atoms with Crippen LogP contribution in [0.3, 0.4) is 0 Å². The van der Waals surface area contributed by atoms with Crippen LogP contribution in [0.1, 0.15) is 11.1 Å². The van der Waals surface area contributed by atoms with Crippen LogP contribution in [-0.4, -0.2) is 12.2 Å². The largest absolute Gasteiger partial charge is 0.507 e. The van der Waals surface area contributed by atoms with Crippen molar-refractivity contribution in [2.45, 2.75) is 0 Å². The van der Waals surface area contributed by atoms with E-state index in [0.29, 0.717) is 0 Å². The first kappa shape index (κ1) is 11.3. The molecule has 2 heteroatoms. The number of ether oxygens (including phenoxy) is 1. The second kappa shape index (κ2) is 5.21. The second-order valence-corrected chi connectivity index (χ2v) is 3.67. The van der Waals surface area contributed by atoms with E-state index in [9.17, 15) is 5.11 Å². The monoisotopic (exact) mass is 226 g/mol. The van der Waals surface area contributed by atoms with E-state index in [1.165, 1.54) is 0 Å². The quantitative estimate of drug-likeness (QED) is 0.638. The van der Waals surface area contributed by atoms with Crippen molar-refractivity contribution in [2.24, 2.45) is 0 Å². The van der Waals surface area contributed by atoms with Crippen molar-refractivity contribution >= 4 is 11.8 Å². The SMILES string of the molecule is COc1ccc(C(O)=Cc2ccccc2)cc1. The fourth-order valence-electron chi connectivity index (χ4n) is 1.55. The van der Waals surface area contributed by atoms with Crippen molar-refractivity contribution in [2.75, 3.05) is 7.11 Å². The summed E-state index contributed by atoms with van der Waals surface area (Å²) in [4.78, 5) is 0. The Morgan fingerprint density at radius 2 is 1.65 bits per heavy atom. The van der Waals surface area contributed by atoms with Crippen LogP contribution in [0.25, 0.3) is 11.8 Å². The summed E-state index contributed by atoms with van der Waals surface area (Å²) in [5, 5.41) is 9.96. The lowest BCUT2D eigenvalue weighted by molar-refractivity contribution is 0.414. The first-order valence-corrected chi connectivity index (χ1v) is 5.40. The molecule has 0 radical (unpaired) electrons. The molecule has 0 fully saturated rings. The van der Waals surface area contributed by atoms with Gasteiger partial charge in [0.05, 0.1) is 7.11 Å². The van der Waals surface area contributed by atoms with Crippen LogP contribution in [-0.2, 0) is 0 Å². The number of aliphatic hydroxyl groups is 1. The molecule has 2 rings (SSSR count). The van der Waals surface area contributed by atoms with Gasteiger partial charge in [-0.25, -0.2) is 0 Å². The second-order valence-electron chi connectivity index (χ2n) is 3.67.